The Hall–Kier alpha value is -1.43. The standard InChI is InChI=1S/C10H15NO5/c1-3-16-9(15)10(6-12)5-4-8(14)11(10)7(2)13/h6,8,14H,3-5H2,1-2H3. The molecule has 0 aliphatic carbocycles. The maximum absolute atomic E-state index is 11.7. The van der Waals surface area contributed by atoms with Crippen LogP contribution in [0.3, 0.4) is 0 Å². The van der Waals surface area contributed by atoms with Crippen LogP contribution in [0.25, 0.3) is 0 Å². The zero-order chi connectivity index (χ0) is 12.3. The quantitative estimate of drug-likeness (QED) is 0.398. The number of carbonyl (C=O) groups excluding carboxylic acids is 3. The molecule has 0 aromatic heterocycles. The van der Waals surface area contributed by atoms with Gasteiger partial charge < -0.3 is 14.6 Å². The van der Waals surface area contributed by atoms with Gasteiger partial charge in [0.15, 0.2) is 11.8 Å². The highest BCUT2D eigenvalue weighted by atomic mass is 16.5. The summed E-state index contributed by atoms with van der Waals surface area (Å²) in [6.07, 6.45) is -0.442. The van der Waals surface area contributed by atoms with Crippen molar-refractivity contribution in [1.29, 1.82) is 0 Å². The van der Waals surface area contributed by atoms with E-state index in [1.807, 2.05) is 0 Å². The second-order valence-corrected chi connectivity index (χ2v) is 3.67. The molecule has 1 heterocycles. The fourth-order valence-electron chi connectivity index (χ4n) is 1.98. The van der Waals surface area contributed by atoms with Crippen molar-refractivity contribution in [3.63, 3.8) is 0 Å². The van der Waals surface area contributed by atoms with Crippen molar-refractivity contribution in [1.82, 2.24) is 4.90 Å². The molecule has 0 spiro atoms. The fourth-order valence-corrected chi connectivity index (χ4v) is 1.98. The molecule has 2 atom stereocenters. The van der Waals surface area contributed by atoms with Crippen LogP contribution in [0.2, 0.25) is 0 Å². The maximum Gasteiger partial charge on any atom is 0.339 e. The van der Waals surface area contributed by atoms with Crippen LogP contribution < -0.4 is 0 Å². The molecule has 1 amide bonds. The Morgan fingerprint density at radius 3 is 2.69 bits per heavy atom. The summed E-state index contributed by atoms with van der Waals surface area (Å²) < 4.78 is 4.77. The zero-order valence-electron chi connectivity index (χ0n) is 9.30. The fraction of sp³-hybridized carbons (Fsp3) is 0.700. The Bertz CT molecular complexity index is 316. The van der Waals surface area contributed by atoms with Gasteiger partial charge in [-0.3, -0.25) is 9.69 Å². The van der Waals surface area contributed by atoms with Gasteiger partial charge in [-0.1, -0.05) is 0 Å². The Labute approximate surface area is 93.2 Å². The van der Waals surface area contributed by atoms with Gasteiger partial charge in [0.05, 0.1) is 6.61 Å². The lowest BCUT2D eigenvalue weighted by Crippen LogP contribution is -2.57. The number of rotatable bonds is 3. The molecular weight excluding hydrogens is 214 g/mol. The van der Waals surface area contributed by atoms with E-state index >= 15 is 0 Å². The lowest BCUT2D eigenvalue weighted by atomic mass is 9.98. The molecule has 1 aliphatic heterocycles. The largest absolute Gasteiger partial charge is 0.464 e. The van der Waals surface area contributed by atoms with Gasteiger partial charge in [0.2, 0.25) is 5.91 Å². The smallest absolute Gasteiger partial charge is 0.339 e. The molecule has 6 nitrogen and oxygen atoms in total. The van der Waals surface area contributed by atoms with Crippen molar-refractivity contribution in [3.05, 3.63) is 0 Å². The van der Waals surface area contributed by atoms with Crippen LogP contribution in [0.4, 0.5) is 0 Å². The van der Waals surface area contributed by atoms with Crippen molar-refractivity contribution in [2.75, 3.05) is 6.61 Å². The van der Waals surface area contributed by atoms with Crippen molar-refractivity contribution < 1.29 is 24.2 Å². The zero-order valence-corrected chi connectivity index (χ0v) is 9.30. The van der Waals surface area contributed by atoms with Gasteiger partial charge in [0.25, 0.3) is 0 Å². The molecule has 0 radical (unpaired) electrons. The second-order valence-electron chi connectivity index (χ2n) is 3.67. The molecule has 1 fully saturated rings. The Morgan fingerprint density at radius 2 is 2.25 bits per heavy atom. The lowest BCUT2D eigenvalue weighted by Gasteiger charge is -2.32. The Kier molecular flexibility index (Phi) is 3.64. The Balaban J connectivity index is 3.07. The highest BCUT2D eigenvalue weighted by Gasteiger charge is 2.54. The number of aldehydes is 1. The summed E-state index contributed by atoms with van der Waals surface area (Å²) in [6.45, 7) is 2.93. The monoisotopic (exact) mass is 229 g/mol. The minimum Gasteiger partial charge on any atom is -0.464 e. The third-order valence-corrected chi connectivity index (χ3v) is 2.67. The number of esters is 1. The third kappa shape index (κ3) is 1.80. The summed E-state index contributed by atoms with van der Waals surface area (Å²) in [5.74, 6) is -1.30. The number of nitrogens with zero attached hydrogens (tertiary/aromatic N) is 1. The Morgan fingerprint density at radius 1 is 1.62 bits per heavy atom. The minimum absolute atomic E-state index is 0.0933. The molecule has 2 unspecified atom stereocenters. The van der Waals surface area contributed by atoms with Gasteiger partial charge in [-0.15, -0.1) is 0 Å². The molecule has 0 aromatic rings. The van der Waals surface area contributed by atoms with E-state index in [0.717, 1.165) is 4.90 Å². The number of hydrogen-bond acceptors (Lipinski definition) is 5. The lowest BCUT2D eigenvalue weighted by molar-refractivity contribution is -0.168. The molecular formula is C10H15NO5. The number of hydrogen-bond donors (Lipinski definition) is 1. The average Bonchev–Trinajstić information content (AvgIpc) is 2.57. The number of aliphatic hydroxyl groups excluding tert-OH is 1. The van der Waals surface area contributed by atoms with E-state index in [9.17, 15) is 19.5 Å². The van der Waals surface area contributed by atoms with Gasteiger partial charge in [-0.25, -0.2) is 4.79 Å². The first-order chi connectivity index (χ1) is 7.49. The van der Waals surface area contributed by atoms with Gasteiger partial charge >= 0.3 is 5.97 Å². The van der Waals surface area contributed by atoms with E-state index in [1.165, 1.54) is 6.92 Å². The number of carbonyl (C=O) groups is 3. The van der Waals surface area contributed by atoms with Gasteiger partial charge in [-0.2, -0.15) is 0 Å². The number of likely N-dealkylation sites (tertiary alicyclic amines) is 1. The van der Waals surface area contributed by atoms with Crippen LogP contribution in [0.15, 0.2) is 0 Å². The molecule has 0 saturated carbocycles. The average molecular weight is 229 g/mol. The number of ether oxygens (including phenoxy) is 1. The molecule has 1 rings (SSSR count). The highest BCUT2D eigenvalue weighted by molar-refractivity contribution is 6.02. The van der Waals surface area contributed by atoms with Crippen molar-refractivity contribution in [2.24, 2.45) is 0 Å². The first-order valence-electron chi connectivity index (χ1n) is 5.11. The van der Waals surface area contributed by atoms with Crippen molar-refractivity contribution in [2.45, 2.75) is 38.5 Å². The molecule has 1 saturated heterocycles. The predicted molar refractivity (Wildman–Crippen MR) is 53.2 cm³/mol. The van der Waals surface area contributed by atoms with E-state index in [1.54, 1.807) is 6.92 Å². The van der Waals surface area contributed by atoms with Gasteiger partial charge in [0.1, 0.15) is 6.23 Å². The third-order valence-electron chi connectivity index (χ3n) is 2.67. The van der Waals surface area contributed by atoms with Crippen LogP contribution in [0, 0.1) is 0 Å². The molecule has 1 aliphatic rings. The van der Waals surface area contributed by atoms with Crippen molar-refractivity contribution in [3.8, 4) is 0 Å². The summed E-state index contributed by atoms with van der Waals surface area (Å²) in [6, 6.07) is 0. The van der Waals surface area contributed by atoms with Gasteiger partial charge in [-0.05, 0) is 19.8 Å². The number of amides is 1. The first-order valence-corrected chi connectivity index (χ1v) is 5.11. The number of aliphatic hydroxyl groups is 1. The van der Waals surface area contributed by atoms with E-state index < -0.39 is 23.6 Å². The summed E-state index contributed by atoms with van der Waals surface area (Å²) in [5.41, 5.74) is -1.65. The van der Waals surface area contributed by atoms with E-state index in [2.05, 4.69) is 0 Å². The van der Waals surface area contributed by atoms with E-state index in [-0.39, 0.29) is 19.4 Å². The molecule has 6 heteroatoms. The van der Waals surface area contributed by atoms with E-state index in [0.29, 0.717) is 6.29 Å². The van der Waals surface area contributed by atoms with Crippen molar-refractivity contribution >= 4 is 18.2 Å². The van der Waals surface area contributed by atoms with Crippen LogP contribution in [-0.4, -0.2) is 46.5 Å². The topological polar surface area (TPSA) is 83.9 Å². The predicted octanol–water partition coefficient (Wildman–Crippen LogP) is -0.552. The van der Waals surface area contributed by atoms with Crippen LogP contribution in [0.1, 0.15) is 26.7 Å². The molecule has 0 aromatic carbocycles. The van der Waals surface area contributed by atoms with Crippen LogP contribution in [-0.2, 0) is 19.1 Å². The summed E-state index contributed by atoms with van der Waals surface area (Å²) >= 11 is 0. The molecule has 90 valence electrons. The summed E-state index contributed by atoms with van der Waals surface area (Å²) in [5, 5.41) is 9.58. The van der Waals surface area contributed by atoms with Crippen LogP contribution in [0.5, 0.6) is 0 Å². The highest BCUT2D eigenvalue weighted by Crippen LogP contribution is 2.32. The SMILES string of the molecule is CCOC(=O)C1(C=O)CCC(O)N1C(C)=O. The van der Waals surface area contributed by atoms with Crippen LogP contribution >= 0.6 is 0 Å². The molecule has 16 heavy (non-hydrogen) atoms. The molecule has 0 bridgehead atoms. The van der Waals surface area contributed by atoms with Gasteiger partial charge in [0, 0.05) is 6.92 Å². The molecule has 1 N–H and O–H groups in total. The summed E-state index contributed by atoms with van der Waals surface area (Å²) in [4.78, 5) is 35.0. The summed E-state index contributed by atoms with van der Waals surface area (Å²) in [7, 11) is 0. The normalized spacial score (nSPS) is 28.9. The minimum atomic E-state index is -1.65. The van der Waals surface area contributed by atoms with E-state index in [4.69, 9.17) is 4.74 Å². The second kappa shape index (κ2) is 4.61. The maximum atomic E-state index is 11.7. The first kappa shape index (κ1) is 12.6.